The molecule has 6 nitrogen and oxygen atoms in total. The number of piperidine rings is 1. The Balaban J connectivity index is 1.87. The van der Waals surface area contributed by atoms with Gasteiger partial charge in [-0.1, -0.05) is 34.5 Å². The highest BCUT2D eigenvalue weighted by atomic mass is 79.9. The van der Waals surface area contributed by atoms with E-state index in [1.165, 1.54) is 6.07 Å². The van der Waals surface area contributed by atoms with Crippen molar-refractivity contribution in [2.75, 3.05) is 18.0 Å². The molecule has 1 heterocycles. The van der Waals surface area contributed by atoms with Gasteiger partial charge in [0.1, 0.15) is 5.69 Å². The van der Waals surface area contributed by atoms with Gasteiger partial charge in [0.05, 0.1) is 15.5 Å². The van der Waals surface area contributed by atoms with Crippen molar-refractivity contribution in [2.24, 2.45) is 5.92 Å². The number of nitro benzene ring substituents is 1. The standard InChI is InChI=1S/C20H20BrClN2O4/c1-12-5-7-23(8-6-12)17-4-3-14(10-18(17)24(26)27)20(25)28-19-13(2)9-15(21)11-16(19)22/h3-4,9-12H,5-8H2,1-2H3. The highest BCUT2D eigenvalue weighted by Crippen LogP contribution is 2.35. The number of ether oxygens (including phenoxy) is 1. The molecule has 0 saturated carbocycles. The normalized spacial score (nSPS) is 14.8. The molecule has 2 aromatic carbocycles. The number of nitro groups is 1. The van der Waals surface area contributed by atoms with Crippen molar-refractivity contribution < 1.29 is 14.5 Å². The van der Waals surface area contributed by atoms with Crippen LogP contribution in [-0.2, 0) is 0 Å². The number of carbonyl (C=O) groups excluding carboxylic acids is 1. The molecule has 0 unspecified atom stereocenters. The van der Waals surface area contributed by atoms with Crippen molar-refractivity contribution in [1.82, 2.24) is 0 Å². The van der Waals surface area contributed by atoms with Gasteiger partial charge in [-0.05, 0) is 55.5 Å². The van der Waals surface area contributed by atoms with Gasteiger partial charge in [0.25, 0.3) is 5.69 Å². The summed E-state index contributed by atoms with van der Waals surface area (Å²) in [6.45, 7) is 5.47. The molecule has 1 aliphatic rings. The van der Waals surface area contributed by atoms with E-state index in [0.29, 0.717) is 17.2 Å². The molecule has 28 heavy (non-hydrogen) atoms. The summed E-state index contributed by atoms with van der Waals surface area (Å²) in [5, 5.41) is 11.9. The topological polar surface area (TPSA) is 72.7 Å². The largest absolute Gasteiger partial charge is 0.421 e. The Morgan fingerprint density at radius 1 is 1.29 bits per heavy atom. The first-order valence-electron chi connectivity index (χ1n) is 8.97. The molecule has 0 amide bonds. The molecular weight excluding hydrogens is 448 g/mol. The fourth-order valence-corrected chi connectivity index (χ4v) is 4.29. The summed E-state index contributed by atoms with van der Waals surface area (Å²) in [4.78, 5) is 25.7. The number of hydrogen-bond acceptors (Lipinski definition) is 5. The molecule has 1 fully saturated rings. The Morgan fingerprint density at radius 2 is 1.96 bits per heavy atom. The second-order valence-corrected chi connectivity index (χ2v) is 8.38. The van der Waals surface area contributed by atoms with E-state index in [1.807, 2.05) is 4.90 Å². The van der Waals surface area contributed by atoms with Gasteiger partial charge in [-0.25, -0.2) is 4.79 Å². The highest BCUT2D eigenvalue weighted by molar-refractivity contribution is 9.10. The van der Waals surface area contributed by atoms with E-state index >= 15 is 0 Å². The second-order valence-electron chi connectivity index (χ2n) is 7.05. The van der Waals surface area contributed by atoms with Crippen LogP contribution in [0.25, 0.3) is 0 Å². The highest BCUT2D eigenvalue weighted by Gasteiger charge is 2.25. The molecule has 1 saturated heterocycles. The Kier molecular flexibility index (Phi) is 6.25. The van der Waals surface area contributed by atoms with Crippen LogP contribution in [0.4, 0.5) is 11.4 Å². The van der Waals surface area contributed by atoms with Crippen molar-refractivity contribution in [3.8, 4) is 5.75 Å². The maximum Gasteiger partial charge on any atom is 0.343 e. The number of nitrogens with zero attached hydrogens (tertiary/aromatic N) is 2. The molecule has 0 radical (unpaired) electrons. The van der Waals surface area contributed by atoms with Crippen LogP contribution in [0.3, 0.4) is 0 Å². The van der Waals surface area contributed by atoms with Crippen LogP contribution in [0, 0.1) is 23.0 Å². The van der Waals surface area contributed by atoms with Gasteiger partial charge in [0.2, 0.25) is 0 Å². The monoisotopic (exact) mass is 466 g/mol. The van der Waals surface area contributed by atoms with Gasteiger partial charge in [-0.3, -0.25) is 10.1 Å². The smallest absolute Gasteiger partial charge is 0.343 e. The first-order valence-corrected chi connectivity index (χ1v) is 10.1. The molecule has 0 N–H and O–H groups in total. The van der Waals surface area contributed by atoms with Crippen LogP contribution in [0.2, 0.25) is 5.02 Å². The number of benzene rings is 2. The van der Waals surface area contributed by atoms with Gasteiger partial charge >= 0.3 is 5.97 Å². The summed E-state index contributed by atoms with van der Waals surface area (Å²) in [5.41, 5.74) is 1.23. The fourth-order valence-electron chi connectivity index (χ4n) is 3.28. The summed E-state index contributed by atoms with van der Waals surface area (Å²) in [5.74, 6) is 0.171. The predicted octanol–water partition coefficient (Wildman–Crippen LogP) is 5.77. The first-order chi connectivity index (χ1) is 13.3. The quantitative estimate of drug-likeness (QED) is 0.247. The molecule has 0 spiro atoms. The first kappa shape index (κ1) is 20.6. The summed E-state index contributed by atoms with van der Waals surface area (Å²) in [6.07, 6.45) is 1.98. The van der Waals surface area contributed by atoms with Gasteiger partial charge < -0.3 is 9.64 Å². The maximum absolute atomic E-state index is 12.6. The van der Waals surface area contributed by atoms with Crippen LogP contribution in [-0.4, -0.2) is 24.0 Å². The Hall–Kier alpha value is -2.12. The van der Waals surface area contributed by atoms with E-state index < -0.39 is 10.9 Å². The molecule has 1 aliphatic heterocycles. The average Bonchev–Trinajstić information content (AvgIpc) is 2.64. The maximum atomic E-state index is 12.6. The average molecular weight is 468 g/mol. The van der Waals surface area contributed by atoms with E-state index in [0.717, 1.165) is 30.4 Å². The number of aryl methyl sites for hydroxylation is 1. The Bertz CT molecular complexity index is 903. The summed E-state index contributed by atoms with van der Waals surface area (Å²) < 4.78 is 6.19. The van der Waals surface area contributed by atoms with E-state index in [2.05, 4.69) is 22.9 Å². The zero-order valence-electron chi connectivity index (χ0n) is 15.6. The third-order valence-electron chi connectivity index (χ3n) is 4.92. The zero-order valence-corrected chi connectivity index (χ0v) is 17.9. The Labute approximate surface area is 176 Å². The van der Waals surface area contributed by atoms with E-state index in [4.69, 9.17) is 16.3 Å². The van der Waals surface area contributed by atoms with Gasteiger partial charge in [0.15, 0.2) is 5.75 Å². The molecule has 2 aromatic rings. The lowest BCUT2D eigenvalue weighted by Gasteiger charge is -2.31. The molecule has 0 aromatic heterocycles. The van der Waals surface area contributed by atoms with Crippen LogP contribution < -0.4 is 9.64 Å². The van der Waals surface area contributed by atoms with E-state index in [9.17, 15) is 14.9 Å². The minimum Gasteiger partial charge on any atom is -0.421 e. The van der Waals surface area contributed by atoms with Crippen molar-refractivity contribution in [2.45, 2.75) is 26.7 Å². The van der Waals surface area contributed by atoms with Crippen molar-refractivity contribution in [3.63, 3.8) is 0 Å². The number of halogens is 2. The number of carbonyl (C=O) groups is 1. The molecule has 8 heteroatoms. The number of esters is 1. The third-order valence-corrected chi connectivity index (χ3v) is 5.66. The summed E-state index contributed by atoms with van der Waals surface area (Å²) in [7, 11) is 0. The summed E-state index contributed by atoms with van der Waals surface area (Å²) >= 11 is 9.49. The predicted molar refractivity (Wildman–Crippen MR) is 113 cm³/mol. The van der Waals surface area contributed by atoms with Gasteiger partial charge in [-0.15, -0.1) is 0 Å². The zero-order chi connectivity index (χ0) is 20.4. The van der Waals surface area contributed by atoms with Crippen LogP contribution in [0.5, 0.6) is 5.75 Å². The lowest BCUT2D eigenvalue weighted by atomic mass is 9.98. The van der Waals surface area contributed by atoms with Crippen LogP contribution >= 0.6 is 27.5 Å². The number of rotatable bonds is 4. The SMILES string of the molecule is Cc1cc(Br)cc(Cl)c1OC(=O)c1ccc(N2CCC(C)CC2)c([N+](=O)[O-])c1. The second kappa shape index (κ2) is 8.49. The Morgan fingerprint density at radius 3 is 2.57 bits per heavy atom. The lowest BCUT2D eigenvalue weighted by molar-refractivity contribution is -0.384. The van der Waals surface area contributed by atoms with Crippen molar-refractivity contribution in [1.29, 1.82) is 0 Å². The van der Waals surface area contributed by atoms with Crippen LogP contribution in [0.15, 0.2) is 34.8 Å². The van der Waals surface area contributed by atoms with Gasteiger partial charge in [0, 0.05) is 23.6 Å². The fraction of sp³-hybridized carbons (Fsp3) is 0.350. The third kappa shape index (κ3) is 4.47. The van der Waals surface area contributed by atoms with Gasteiger partial charge in [-0.2, -0.15) is 0 Å². The molecular formula is C20H20BrClN2O4. The summed E-state index contributed by atoms with van der Waals surface area (Å²) in [6, 6.07) is 7.86. The number of anilines is 1. The molecule has 0 bridgehead atoms. The van der Waals surface area contributed by atoms with E-state index in [-0.39, 0.29) is 22.0 Å². The molecule has 148 valence electrons. The lowest BCUT2D eigenvalue weighted by Crippen LogP contribution is -2.33. The molecule has 0 atom stereocenters. The minimum atomic E-state index is -0.686. The van der Waals surface area contributed by atoms with Crippen LogP contribution in [0.1, 0.15) is 35.7 Å². The van der Waals surface area contributed by atoms with E-state index in [1.54, 1.807) is 31.2 Å². The molecule has 3 rings (SSSR count). The molecule has 0 aliphatic carbocycles. The van der Waals surface area contributed by atoms with Crippen molar-refractivity contribution in [3.05, 3.63) is 61.1 Å². The van der Waals surface area contributed by atoms with Crippen molar-refractivity contribution >= 4 is 44.9 Å². The minimum absolute atomic E-state index is 0.0948. The number of hydrogen-bond donors (Lipinski definition) is 0.